The number of carbonyl (C=O) groups is 1. The van der Waals surface area contributed by atoms with E-state index in [-0.39, 0.29) is 43.4 Å². The molecule has 0 bridgehead atoms. The zero-order valence-electron chi connectivity index (χ0n) is 15.7. The summed E-state index contributed by atoms with van der Waals surface area (Å²) >= 11 is 5.66. The molecule has 10 heteroatoms. The van der Waals surface area contributed by atoms with Gasteiger partial charge in [-0.2, -0.15) is 0 Å². The third-order valence-corrected chi connectivity index (χ3v) is 5.54. The second kappa shape index (κ2) is 7.90. The molecule has 2 aliphatic rings. The number of hydrogen-bond acceptors (Lipinski definition) is 6. The van der Waals surface area contributed by atoms with Crippen LogP contribution in [0.5, 0.6) is 5.75 Å². The van der Waals surface area contributed by atoms with Gasteiger partial charge in [-0.3, -0.25) is 5.32 Å². The molecule has 160 valence electrons. The van der Waals surface area contributed by atoms with Gasteiger partial charge < -0.3 is 24.6 Å². The molecule has 7 nitrogen and oxygen atoms in total. The zero-order chi connectivity index (χ0) is 21.5. The lowest BCUT2D eigenvalue weighted by Gasteiger charge is -2.42. The number of benzene rings is 2. The highest BCUT2D eigenvalue weighted by Crippen LogP contribution is 2.34. The Bertz CT molecular complexity index is 969. The Kier molecular flexibility index (Phi) is 5.44. The van der Waals surface area contributed by atoms with Crippen molar-refractivity contribution in [3.63, 3.8) is 0 Å². The van der Waals surface area contributed by atoms with E-state index in [0.717, 1.165) is 12.1 Å². The second-order valence-electron chi connectivity index (χ2n) is 7.31. The number of anilines is 2. The molecule has 0 aromatic heterocycles. The monoisotopic (exact) mass is 440 g/mol. The molecular weight excluding hydrogens is 422 g/mol. The summed E-state index contributed by atoms with van der Waals surface area (Å²) in [6.07, 6.45) is -1.88. The molecule has 0 saturated carbocycles. The lowest BCUT2D eigenvalue weighted by Crippen LogP contribution is -2.58. The van der Waals surface area contributed by atoms with Gasteiger partial charge in [0.15, 0.2) is 11.6 Å². The molecule has 2 atom stereocenters. The van der Waals surface area contributed by atoms with Crippen molar-refractivity contribution in [3.05, 3.63) is 52.6 Å². The van der Waals surface area contributed by atoms with E-state index in [1.165, 1.54) is 4.90 Å². The average molecular weight is 441 g/mol. The fourth-order valence-corrected chi connectivity index (χ4v) is 3.82. The number of halogens is 3. The lowest BCUT2D eigenvalue weighted by molar-refractivity contribution is -0.109. The summed E-state index contributed by atoms with van der Waals surface area (Å²) in [5.74, 6) is -1.29. The number of piperidine rings is 1. The quantitative estimate of drug-likeness (QED) is 0.677. The molecule has 2 aromatic carbocycles. The maximum Gasteiger partial charge on any atom is 0.411 e. The van der Waals surface area contributed by atoms with Crippen molar-refractivity contribution in [2.45, 2.75) is 24.7 Å². The molecule has 0 radical (unpaired) electrons. The van der Waals surface area contributed by atoms with Crippen molar-refractivity contribution in [2.24, 2.45) is 0 Å². The highest BCUT2D eigenvalue weighted by atomic mass is 35.5. The normalized spacial score (nSPS) is 23.4. The number of cyclic esters (lactones) is 1. The van der Waals surface area contributed by atoms with Gasteiger partial charge in [0.25, 0.3) is 0 Å². The van der Waals surface area contributed by atoms with Crippen LogP contribution in [0.15, 0.2) is 30.3 Å². The molecule has 0 spiro atoms. The maximum atomic E-state index is 14.2. The summed E-state index contributed by atoms with van der Waals surface area (Å²) in [5, 5.41) is 23.9. The van der Waals surface area contributed by atoms with Crippen LogP contribution < -0.4 is 15.0 Å². The van der Waals surface area contributed by atoms with Crippen molar-refractivity contribution >= 4 is 29.1 Å². The first kappa shape index (κ1) is 20.6. The van der Waals surface area contributed by atoms with Crippen LogP contribution in [-0.4, -0.2) is 47.7 Å². The Morgan fingerprint density at radius 3 is 2.77 bits per heavy atom. The van der Waals surface area contributed by atoms with E-state index in [1.54, 1.807) is 18.2 Å². The Balaban J connectivity index is 1.46. The first-order chi connectivity index (χ1) is 14.3. The van der Waals surface area contributed by atoms with Gasteiger partial charge in [0.05, 0.1) is 11.3 Å². The predicted octanol–water partition coefficient (Wildman–Crippen LogP) is 3.06. The summed E-state index contributed by atoms with van der Waals surface area (Å²) < 4.78 is 39.1. The minimum atomic E-state index is -1.63. The van der Waals surface area contributed by atoms with Crippen molar-refractivity contribution < 1.29 is 33.3 Å². The van der Waals surface area contributed by atoms with E-state index >= 15 is 0 Å². The molecule has 1 amide bonds. The van der Waals surface area contributed by atoms with Crippen molar-refractivity contribution in [1.82, 2.24) is 0 Å². The van der Waals surface area contributed by atoms with Gasteiger partial charge in [-0.1, -0.05) is 17.7 Å². The predicted molar refractivity (Wildman–Crippen MR) is 105 cm³/mol. The van der Waals surface area contributed by atoms with Crippen molar-refractivity contribution in [1.29, 1.82) is 0 Å². The number of carbonyl (C=O) groups excluding carboxylic acids is 1. The Hall–Kier alpha value is -2.62. The van der Waals surface area contributed by atoms with E-state index < -0.39 is 29.4 Å². The van der Waals surface area contributed by atoms with Gasteiger partial charge in [0.2, 0.25) is 0 Å². The Morgan fingerprint density at radius 1 is 1.33 bits per heavy atom. The number of β-amino-alcohol motifs (C(OH)–C–C–N with tert-alkyl or cyclic N) is 1. The van der Waals surface area contributed by atoms with Crippen molar-refractivity contribution in [3.8, 4) is 5.75 Å². The zero-order valence-corrected chi connectivity index (χ0v) is 16.5. The van der Waals surface area contributed by atoms with Gasteiger partial charge in [0, 0.05) is 18.1 Å². The van der Waals surface area contributed by atoms with Gasteiger partial charge in [-0.25, -0.2) is 13.6 Å². The third kappa shape index (κ3) is 3.88. The van der Waals surface area contributed by atoms with Gasteiger partial charge >= 0.3 is 6.09 Å². The molecule has 2 aliphatic heterocycles. The first-order valence-electron chi connectivity index (χ1n) is 9.25. The van der Waals surface area contributed by atoms with Gasteiger partial charge in [0.1, 0.15) is 36.4 Å². The molecule has 30 heavy (non-hydrogen) atoms. The summed E-state index contributed by atoms with van der Waals surface area (Å²) in [6.45, 7) is -0.334. The number of aliphatic hydroxyl groups is 2. The number of amides is 1. The Labute approximate surface area is 175 Å². The van der Waals surface area contributed by atoms with Crippen LogP contribution in [0.2, 0.25) is 5.02 Å². The van der Waals surface area contributed by atoms with E-state index in [0.29, 0.717) is 17.0 Å². The number of nitrogens with one attached hydrogen (secondary N) is 1. The van der Waals surface area contributed by atoms with Crippen LogP contribution in [0.1, 0.15) is 12.0 Å². The molecule has 2 aromatic rings. The molecule has 1 fully saturated rings. The number of rotatable bonds is 4. The fourth-order valence-electron chi connectivity index (χ4n) is 3.63. The smallest absolute Gasteiger partial charge is 0.411 e. The summed E-state index contributed by atoms with van der Waals surface area (Å²) in [4.78, 5) is 12.7. The molecular formula is C20H19ClF2N2O5. The highest BCUT2D eigenvalue weighted by Gasteiger charge is 2.42. The summed E-state index contributed by atoms with van der Waals surface area (Å²) in [5.41, 5.74) is -0.777. The molecule has 1 saturated heterocycles. The highest BCUT2D eigenvalue weighted by molar-refractivity contribution is 6.30. The average Bonchev–Trinajstić information content (AvgIpc) is 2.68. The molecule has 3 N–H and O–H groups in total. The number of aliphatic hydroxyl groups excluding tert-OH is 1. The molecule has 0 unspecified atom stereocenters. The van der Waals surface area contributed by atoms with Crippen LogP contribution in [-0.2, 0) is 11.3 Å². The van der Waals surface area contributed by atoms with Crippen LogP contribution in [0.4, 0.5) is 25.0 Å². The lowest BCUT2D eigenvalue weighted by atomic mass is 9.89. The van der Waals surface area contributed by atoms with Gasteiger partial charge in [-0.05, 0) is 30.7 Å². The first-order valence-corrected chi connectivity index (χ1v) is 9.63. The van der Waals surface area contributed by atoms with Crippen LogP contribution in [0.3, 0.4) is 0 Å². The largest absolute Gasteiger partial charge is 0.490 e. The summed E-state index contributed by atoms with van der Waals surface area (Å²) in [6, 6.07) is 7.02. The fraction of sp³-hybridized carbons (Fsp3) is 0.350. The maximum absolute atomic E-state index is 14.2. The number of nitrogens with zero attached hydrogens (tertiary/aromatic N) is 1. The number of fused-ring (bicyclic) bond motifs is 1. The van der Waals surface area contributed by atoms with E-state index in [4.69, 9.17) is 21.1 Å². The molecule has 2 heterocycles. The molecule has 4 rings (SSSR count). The minimum absolute atomic E-state index is 0.0118. The topological polar surface area (TPSA) is 91.3 Å². The Morgan fingerprint density at radius 2 is 2.07 bits per heavy atom. The standard InChI is InChI=1S/C20H19ClF2N2O5/c21-11-6-13(22)18(14(23)7-11)25-5-4-20(28,17(26)8-25)10-30-16-3-1-2-15-12(16)9-29-19(27)24-15/h1-3,6-7,17,26,28H,4-5,8-10H2,(H,24,27)/t17-,20-/m1/s1. The van der Waals surface area contributed by atoms with E-state index in [9.17, 15) is 23.8 Å². The second-order valence-corrected chi connectivity index (χ2v) is 7.74. The van der Waals surface area contributed by atoms with E-state index in [2.05, 4.69) is 5.32 Å². The third-order valence-electron chi connectivity index (χ3n) is 5.32. The minimum Gasteiger partial charge on any atom is -0.490 e. The SMILES string of the molecule is O=C1Nc2cccc(OC[C@]3(O)CCN(c4c(F)cc(Cl)cc4F)C[C@H]3O)c2CO1. The van der Waals surface area contributed by atoms with Crippen LogP contribution in [0, 0.1) is 11.6 Å². The number of hydrogen-bond donors (Lipinski definition) is 3. The van der Waals surface area contributed by atoms with Crippen LogP contribution >= 0.6 is 11.6 Å². The van der Waals surface area contributed by atoms with Crippen LogP contribution in [0.25, 0.3) is 0 Å². The number of ether oxygens (including phenoxy) is 2. The molecule has 0 aliphatic carbocycles. The summed E-state index contributed by atoms with van der Waals surface area (Å²) in [7, 11) is 0. The van der Waals surface area contributed by atoms with Crippen molar-refractivity contribution in [2.75, 3.05) is 29.9 Å². The van der Waals surface area contributed by atoms with Gasteiger partial charge in [-0.15, -0.1) is 0 Å². The van der Waals surface area contributed by atoms with E-state index in [1.807, 2.05) is 0 Å².